The van der Waals surface area contributed by atoms with Crippen LogP contribution in [-0.2, 0) is 4.79 Å². The number of hydrogen-bond acceptors (Lipinski definition) is 2. The maximum Gasteiger partial charge on any atom is 0.221 e. The molecule has 2 fully saturated rings. The largest absolute Gasteiger partial charge is 0.353 e. The van der Waals surface area contributed by atoms with Crippen molar-refractivity contribution in [2.75, 3.05) is 6.54 Å². The summed E-state index contributed by atoms with van der Waals surface area (Å²) < 4.78 is 0. The van der Waals surface area contributed by atoms with Crippen molar-refractivity contribution >= 4 is 5.91 Å². The molecule has 3 heteroatoms. The van der Waals surface area contributed by atoms with E-state index in [2.05, 4.69) is 41.0 Å². The summed E-state index contributed by atoms with van der Waals surface area (Å²) in [5.41, 5.74) is 1.37. The van der Waals surface area contributed by atoms with Gasteiger partial charge in [-0.05, 0) is 37.8 Å². The van der Waals surface area contributed by atoms with Crippen LogP contribution in [0.2, 0.25) is 0 Å². The minimum absolute atomic E-state index is 0.220. The van der Waals surface area contributed by atoms with Gasteiger partial charge in [0.2, 0.25) is 5.91 Å². The van der Waals surface area contributed by atoms with Gasteiger partial charge in [-0.25, -0.2) is 0 Å². The number of nitrogens with one attached hydrogen (secondary N) is 2. The quantitative estimate of drug-likeness (QED) is 0.884. The van der Waals surface area contributed by atoms with Gasteiger partial charge in [-0.1, -0.05) is 36.8 Å². The lowest BCUT2D eigenvalue weighted by atomic mass is 9.94. The molecule has 2 N–H and O–H groups in total. The van der Waals surface area contributed by atoms with E-state index >= 15 is 0 Å². The Kier molecular flexibility index (Phi) is 4.36. The highest BCUT2D eigenvalue weighted by molar-refractivity contribution is 5.77. The molecule has 108 valence electrons. The first-order valence-corrected chi connectivity index (χ1v) is 7.90. The highest BCUT2D eigenvalue weighted by Crippen LogP contribution is 2.34. The second kappa shape index (κ2) is 6.40. The number of benzene rings is 1. The number of carbonyl (C=O) groups is 1. The SMILES string of the molecule is O=C(CC1CCCN1)NC1CCCC1c1ccccc1. The van der Waals surface area contributed by atoms with E-state index in [-0.39, 0.29) is 5.91 Å². The van der Waals surface area contributed by atoms with E-state index in [1.165, 1.54) is 24.8 Å². The van der Waals surface area contributed by atoms with Crippen LogP contribution in [0.3, 0.4) is 0 Å². The molecule has 1 amide bonds. The minimum Gasteiger partial charge on any atom is -0.353 e. The van der Waals surface area contributed by atoms with Gasteiger partial charge < -0.3 is 10.6 Å². The fraction of sp³-hybridized carbons (Fsp3) is 0.588. The summed E-state index contributed by atoms with van der Waals surface area (Å²) >= 11 is 0. The smallest absolute Gasteiger partial charge is 0.221 e. The molecule has 1 saturated heterocycles. The number of rotatable bonds is 4. The van der Waals surface area contributed by atoms with E-state index in [1.54, 1.807) is 0 Å². The van der Waals surface area contributed by atoms with Crippen LogP contribution >= 0.6 is 0 Å². The maximum absolute atomic E-state index is 12.2. The Balaban J connectivity index is 1.57. The Morgan fingerprint density at radius 1 is 1.15 bits per heavy atom. The van der Waals surface area contributed by atoms with Gasteiger partial charge in [0, 0.05) is 24.4 Å². The zero-order valence-corrected chi connectivity index (χ0v) is 12.0. The monoisotopic (exact) mass is 272 g/mol. The van der Waals surface area contributed by atoms with Gasteiger partial charge in [0.25, 0.3) is 0 Å². The van der Waals surface area contributed by atoms with Gasteiger partial charge in [0.15, 0.2) is 0 Å². The molecular formula is C17H24N2O. The van der Waals surface area contributed by atoms with Crippen molar-refractivity contribution in [2.45, 2.75) is 56.5 Å². The summed E-state index contributed by atoms with van der Waals surface area (Å²) in [6.45, 7) is 1.06. The summed E-state index contributed by atoms with van der Waals surface area (Å²) in [6, 6.07) is 11.3. The van der Waals surface area contributed by atoms with Crippen LogP contribution in [0, 0.1) is 0 Å². The fourth-order valence-electron chi connectivity index (χ4n) is 3.65. The third-order valence-electron chi connectivity index (χ3n) is 4.68. The molecule has 1 saturated carbocycles. The lowest BCUT2D eigenvalue weighted by molar-refractivity contribution is -0.122. The van der Waals surface area contributed by atoms with Gasteiger partial charge in [-0.2, -0.15) is 0 Å². The second-order valence-corrected chi connectivity index (χ2v) is 6.12. The Morgan fingerprint density at radius 3 is 2.75 bits per heavy atom. The predicted octanol–water partition coefficient (Wildman–Crippen LogP) is 2.58. The average molecular weight is 272 g/mol. The molecule has 3 atom stereocenters. The zero-order chi connectivity index (χ0) is 13.8. The Morgan fingerprint density at radius 2 is 2.00 bits per heavy atom. The van der Waals surface area contributed by atoms with Crippen LogP contribution in [0.25, 0.3) is 0 Å². The number of hydrogen-bond donors (Lipinski definition) is 2. The van der Waals surface area contributed by atoms with E-state index in [4.69, 9.17) is 0 Å². The van der Waals surface area contributed by atoms with E-state index in [1.807, 2.05) is 0 Å². The van der Waals surface area contributed by atoms with Gasteiger partial charge in [-0.3, -0.25) is 4.79 Å². The van der Waals surface area contributed by atoms with Gasteiger partial charge in [-0.15, -0.1) is 0 Å². The van der Waals surface area contributed by atoms with Crippen molar-refractivity contribution in [1.29, 1.82) is 0 Å². The Hall–Kier alpha value is -1.35. The van der Waals surface area contributed by atoms with Gasteiger partial charge >= 0.3 is 0 Å². The first-order chi connectivity index (χ1) is 9.83. The second-order valence-electron chi connectivity index (χ2n) is 6.12. The first kappa shape index (κ1) is 13.6. The number of carbonyl (C=O) groups excluding carboxylic acids is 1. The molecule has 20 heavy (non-hydrogen) atoms. The lowest BCUT2D eigenvalue weighted by Crippen LogP contribution is -2.39. The highest BCUT2D eigenvalue weighted by Gasteiger charge is 2.30. The molecule has 1 heterocycles. The summed E-state index contributed by atoms with van der Waals surface area (Å²) in [6.07, 6.45) is 6.50. The first-order valence-electron chi connectivity index (χ1n) is 7.90. The van der Waals surface area contributed by atoms with Crippen molar-refractivity contribution in [1.82, 2.24) is 10.6 Å². The standard InChI is InChI=1S/C17H24N2O/c20-17(12-14-8-5-11-18-14)19-16-10-4-9-15(16)13-6-2-1-3-7-13/h1-3,6-7,14-16,18H,4-5,8-12H2,(H,19,20). The molecule has 1 aromatic carbocycles. The summed E-state index contributed by atoms with van der Waals surface area (Å²) in [5.74, 6) is 0.717. The van der Waals surface area contributed by atoms with Gasteiger partial charge in [0.05, 0.1) is 0 Å². The Bertz CT molecular complexity index is 440. The molecule has 3 unspecified atom stereocenters. The Labute approximate surface area is 121 Å². The number of amides is 1. The summed E-state index contributed by atoms with van der Waals surface area (Å²) in [7, 11) is 0. The van der Waals surface area contributed by atoms with Crippen LogP contribution in [0.15, 0.2) is 30.3 Å². The summed E-state index contributed by atoms with van der Waals surface area (Å²) in [4.78, 5) is 12.2. The molecule has 1 aliphatic heterocycles. The van der Waals surface area contributed by atoms with Crippen molar-refractivity contribution in [3.63, 3.8) is 0 Å². The highest BCUT2D eigenvalue weighted by atomic mass is 16.1. The molecule has 0 bridgehead atoms. The molecule has 0 radical (unpaired) electrons. The van der Waals surface area contributed by atoms with Gasteiger partial charge in [0.1, 0.15) is 0 Å². The van der Waals surface area contributed by atoms with Crippen LogP contribution in [0.4, 0.5) is 0 Å². The third kappa shape index (κ3) is 3.21. The zero-order valence-electron chi connectivity index (χ0n) is 12.0. The van der Waals surface area contributed by atoms with Crippen molar-refractivity contribution in [3.8, 4) is 0 Å². The topological polar surface area (TPSA) is 41.1 Å². The molecule has 0 aromatic heterocycles. The van der Waals surface area contributed by atoms with Crippen LogP contribution < -0.4 is 10.6 Å². The molecule has 2 aliphatic rings. The molecule has 1 aliphatic carbocycles. The molecule has 1 aromatic rings. The minimum atomic E-state index is 0.220. The fourth-order valence-corrected chi connectivity index (χ4v) is 3.65. The molecular weight excluding hydrogens is 248 g/mol. The summed E-state index contributed by atoms with van der Waals surface area (Å²) in [5, 5.41) is 6.67. The maximum atomic E-state index is 12.2. The third-order valence-corrected chi connectivity index (χ3v) is 4.68. The van der Waals surface area contributed by atoms with E-state index < -0.39 is 0 Å². The lowest BCUT2D eigenvalue weighted by Gasteiger charge is -2.22. The van der Waals surface area contributed by atoms with E-state index in [9.17, 15) is 4.79 Å². The molecule has 3 rings (SSSR count). The van der Waals surface area contributed by atoms with E-state index in [0.717, 1.165) is 19.4 Å². The van der Waals surface area contributed by atoms with Crippen LogP contribution in [-0.4, -0.2) is 24.5 Å². The predicted molar refractivity (Wildman–Crippen MR) is 80.6 cm³/mol. The molecule has 3 nitrogen and oxygen atoms in total. The van der Waals surface area contributed by atoms with Crippen molar-refractivity contribution in [3.05, 3.63) is 35.9 Å². The normalized spacial score (nSPS) is 29.5. The van der Waals surface area contributed by atoms with E-state index in [0.29, 0.717) is 24.4 Å². The van der Waals surface area contributed by atoms with Crippen molar-refractivity contribution in [2.24, 2.45) is 0 Å². The van der Waals surface area contributed by atoms with Crippen molar-refractivity contribution < 1.29 is 4.79 Å². The average Bonchev–Trinajstić information content (AvgIpc) is 3.11. The van der Waals surface area contributed by atoms with Crippen LogP contribution in [0.5, 0.6) is 0 Å². The molecule has 0 spiro atoms. The van der Waals surface area contributed by atoms with Crippen LogP contribution in [0.1, 0.15) is 50.0 Å².